The summed E-state index contributed by atoms with van der Waals surface area (Å²) < 4.78 is 12.3. The van der Waals surface area contributed by atoms with E-state index in [1.54, 1.807) is 0 Å². The van der Waals surface area contributed by atoms with Gasteiger partial charge in [-0.15, -0.1) is 0 Å². The SMILES string of the molecule is C[C@@H]1CCCN1C[C@@H]1CCCN1C(=O)c1ccc(B2OC(C)(C)C(C)(C)O2)cc1. The molecule has 1 amide bonds. The third-order valence-corrected chi connectivity index (χ3v) is 7.46. The van der Waals surface area contributed by atoms with Gasteiger partial charge >= 0.3 is 7.12 Å². The van der Waals surface area contributed by atoms with Crippen LogP contribution in [0.25, 0.3) is 0 Å². The predicted molar refractivity (Wildman–Crippen MR) is 116 cm³/mol. The van der Waals surface area contributed by atoms with Crippen LogP contribution in [-0.2, 0) is 9.31 Å². The highest BCUT2D eigenvalue weighted by atomic mass is 16.7. The van der Waals surface area contributed by atoms with Crippen LogP contribution in [0.4, 0.5) is 0 Å². The smallest absolute Gasteiger partial charge is 0.399 e. The van der Waals surface area contributed by atoms with Crippen LogP contribution in [0.15, 0.2) is 24.3 Å². The van der Waals surface area contributed by atoms with E-state index < -0.39 is 0 Å². The van der Waals surface area contributed by atoms with Gasteiger partial charge < -0.3 is 14.2 Å². The number of rotatable bonds is 4. The molecule has 0 bridgehead atoms. The number of likely N-dealkylation sites (tertiary alicyclic amines) is 2. The molecule has 158 valence electrons. The van der Waals surface area contributed by atoms with E-state index in [1.807, 2.05) is 24.3 Å². The first-order valence-corrected chi connectivity index (χ1v) is 11.2. The number of amides is 1. The van der Waals surface area contributed by atoms with E-state index in [9.17, 15) is 4.79 Å². The summed E-state index contributed by atoms with van der Waals surface area (Å²) in [6, 6.07) is 8.79. The van der Waals surface area contributed by atoms with E-state index in [0.29, 0.717) is 12.1 Å². The van der Waals surface area contributed by atoms with E-state index in [4.69, 9.17) is 9.31 Å². The summed E-state index contributed by atoms with van der Waals surface area (Å²) in [7, 11) is -0.389. The zero-order chi connectivity index (χ0) is 20.8. The van der Waals surface area contributed by atoms with Crippen molar-refractivity contribution in [2.24, 2.45) is 0 Å². The first-order valence-electron chi connectivity index (χ1n) is 11.2. The van der Waals surface area contributed by atoms with E-state index in [0.717, 1.165) is 37.0 Å². The molecule has 0 saturated carbocycles. The normalized spacial score (nSPS) is 29.0. The van der Waals surface area contributed by atoms with Crippen molar-refractivity contribution in [2.45, 2.75) is 83.6 Å². The highest BCUT2D eigenvalue weighted by molar-refractivity contribution is 6.62. The van der Waals surface area contributed by atoms with E-state index in [2.05, 4.69) is 44.4 Å². The average molecular weight is 398 g/mol. The lowest BCUT2D eigenvalue weighted by molar-refractivity contribution is 0.00578. The molecule has 29 heavy (non-hydrogen) atoms. The quantitative estimate of drug-likeness (QED) is 0.732. The third-order valence-electron chi connectivity index (χ3n) is 7.46. The van der Waals surface area contributed by atoms with Crippen molar-refractivity contribution >= 4 is 18.5 Å². The van der Waals surface area contributed by atoms with Crippen molar-refractivity contribution in [1.82, 2.24) is 9.80 Å². The second-order valence-corrected chi connectivity index (χ2v) is 9.99. The van der Waals surface area contributed by atoms with Gasteiger partial charge in [-0.05, 0) is 84.4 Å². The Morgan fingerprint density at radius 3 is 2.24 bits per heavy atom. The van der Waals surface area contributed by atoms with Gasteiger partial charge in [0, 0.05) is 30.7 Å². The van der Waals surface area contributed by atoms with Crippen molar-refractivity contribution in [1.29, 1.82) is 0 Å². The third kappa shape index (κ3) is 3.99. The summed E-state index contributed by atoms with van der Waals surface area (Å²) in [5.41, 5.74) is 0.999. The Morgan fingerprint density at radius 2 is 1.66 bits per heavy atom. The molecule has 0 unspecified atom stereocenters. The molecule has 0 spiro atoms. The van der Waals surface area contributed by atoms with Crippen LogP contribution in [-0.4, -0.2) is 65.7 Å². The molecule has 3 aliphatic rings. The first kappa shape index (κ1) is 20.9. The molecular formula is C23H35BN2O3. The molecule has 6 heteroatoms. The van der Waals surface area contributed by atoms with Gasteiger partial charge in [0.1, 0.15) is 0 Å². The van der Waals surface area contributed by atoms with Gasteiger partial charge in [0.15, 0.2) is 0 Å². The number of carbonyl (C=O) groups excluding carboxylic acids is 1. The summed E-state index contributed by atoms with van der Waals surface area (Å²) in [6.45, 7) is 13.6. The molecule has 3 fully saturated rings. The summed E-state index contributed by atoms with van der Waals surface area (Å²) >= 11 is 0. The molecule has 0 N–H and O–H groups in total. The van der Waals surface area contributed by atoms with Crippen molar-refractivity contribution in [3.8, 4) is 0 Å². The van der Waals surface area contributed by atoms with Crippen molar-refractivity contribution in [3.63, 3.8) is 0 Å². The van der Waals surface area contributed by atoms with Crippen LogP contribution in [0.5, 0.6) is 0 Å². The second-order valence-electron chi connectivity index (χ2n) is 9.99. The Kier molecular flexibility index (Phi) is 5.56. The molecule has 3 saturated heterocycles. The molecule has 4 rings (SSSR count). The molecule has 0 aliphatic carbocycles. The minimum atomic E-state index is -0.389. The first-order chi connectivity index (χ1) is 13.7. The summed E-state index contributed by atoms with van der Waals surface area (Å²) in [5.74, 6) is 0.153. The molecule has 1 aromatic rings. The number of benzene rings is 1. The van der Waals surface area contributed by atoms with E-state index in [1.165, 1.54) is 19.4 Å². The maximum absolute atomic E-state index is 13.2. The average Bonchev–Trinajstić information content (AvgIpc) is 3.34. The van der Waals surface area contributed by atoms with Gasteiger partial charge in [0.25, 0.3) is 5.91 Å². The standard InChI is InChI=1S/C23H35BN2O3/c1-17-8-6-14-25(17)16-20-9-7-15-26(20)21(27)18-10-12-19(13-11-18)24-28-22(2,3)23(4,5)29-24/h10-13,17,20H,6-9,14-16H2,1-5H3/t17-,20+/m1/s1. The van der Waals surface area contributed by atoms with E-state index >= 15 is 0 Å². The summed E-state index contributed by atoms with van der Waals surface area (Å²) in [4.78, 5) is 17.8. The van der Waals surface area contributed by atoms with Crippen LogP contribution in [0.1, 0.15) is 70.7 Å². The maximum atomic E-state index is 13.2. The highest BCUT2D eigenvalue weighted by Gasteiger charge is 2.51. The van der Waals surface area contributed by atoms with Gasteiger partial charge in [-0.25, -0.2) is 0 Å². The van der Waals surface area contributed by atoms with E-state index in [-0.39, 0.29) is 24.2 Å². The van der Waals surface area contributed by atoms with Crippen LogP contribution < -0.4 is 5.46 Å². The van der Waals surface area contributed by atoms with Gasteiger partial charge in [0.2, 0.25) is 0 Å². The maximum Gasteiger partial charge on any atom is 0.494 e. The molecule has 5 nitrogen and oxygen atoms in total. The summed E-state index contributed by atoms with van der Waals surface area (Å²) in [5, 5.41) is 0. The van der Waals surface area contributed by atoms with Crippen molar-refractivity contribution in [2.75, 3.05) is 19.6 Å². The fourth-order valence-corrected chi connectivity index (χ4v) is 4.76. The minimum absolute atomic E-state index is 0.153. The van der Waals surface area contributed by atoms with Gasteiger partial charge in [-0.3, -0.25) is 9.69 Å². The molecular weight excluding hydrogens is 363 g/mol. The Bertz CT molecular complexity index is 733. The van der Waals surface area contributed by atoms with Crippen LogP contribution in [0, 0.1) is 0 Å². The molecule has 1 aromatic carbocycles. The zero-order valence-electron chi connectivity index (χ0n) is 18.6. The summed E-state index contributed by atoms with van der Waals surface area (Å²) in [6.07, 6.45) is 4.77. The number of carbonyl (C=O) groups is 1. The minimum Gasteiger partial charge on any atom is -0.399 e. The second kappa shape index (κ2) is 7.71. The monoisotopic (exact) mass is 398 g/mol. The Balaban J connectivity index is 1.43. The highest BCUT2D eigenvalue weighted by Crippen LogP contribution is 2.36. The van der Waals surface area contributed by atoms with Crippen molar-refractivity contribution in [3.05, 3.63) is 29.8 Å². The van der Waals surface area contributed by atoms with Crippen molar-refractivity contribution < 1.29 is 14.1 Å². The fraction of sp³-hybridized carbons (Fsp3) is 0.696. The lowest BCUT2D eigenvalue weighted by Gasteiger charge is -2.32. The Labute approximate surface area is 175 Å². The molecule has 0 radical (unpaired) electrons. The number of hydrogen-bond acceptors (Lipinski definition) is 4. The predicted octanol–water partition coefficient (Wildman–Crippen LogP) is 3.07. The number of nitrogens with zero attached hydrogens (tertiary/aromatic N) is 2. The molecule has 3 heterocycles. The van der Waals surface area contributed by atoms with Gasteiger partial charge in [0.05, 0.1) is 11.2 Å². The van der Waals surface area contributed by atoms with Crippen LogP contribution >= 0.6 is 0 Å². The largest absolute Gasteiger partial charge is 0.494 e. The van der Waals surface area contributed by atoms with Crippen LogP contribution in [0.2, 0.25) is 0 Å². The van der Waals surface area contributed by atoms with Crippen LogP contribution in [0.3, 0.4) is 0 Å². The molecule has 3 aliphatic heterocycles. The topological polar surface area (TPSA) is 42.0 Å². The zero-order valence-corrected chi connectivity index (χ0v) is 18.6. The van der Waals surface area contributed by atoms with Gasteiger partial charge in [-0.1, -0.05) is 12.1 Å². The fourth-order valence-electron chi connectivity index (χ4n) is 4.76. The Morgan fingerprint density at radius 1 is 1.03 bits per heavy atom. The lowest BCUT2D eigenvalue weighted by Crippen LogP contribution is -2.44. The van der Waals surface area contributed by atoms with Gasteiger partial charge in [-0.2, -0.15) is 0 Å². The number of hydrogen-bond donors (Lipinski definition) is 0. The molecule has 2 atom stereocenters. The lowest BCUT2D eigenvalue weighted by atomic mass is 9.79. The molecule has 0 aromatic heterocycles. The Hall–Kier alpha value is -1.37.